The Morgan fingerprint density at radius 1 is 1.20 bits per heavy atom. The van der Waals surface area contributed by atoms with Crippen molar-refractivity contribution in [1.29, 1.82) is 0 Å². The summed E-state index contributed by atoms with van der Waals surface area (Å²) in [6.45, 7) is 1.31. The Balaban J connectivity index is 2.48. The van der Waals surface area contributed by atoms with Crippen molar-refractivity contribution in [3.8, 4) is 0 Å². The second-order valence-corrected chi connectivity index (χ2v) is 8.21. The number of nitrogens with zero attached hydrogens (tertiary/aromatic N) is 1. The molecule has 15 heavy (non-hydrogen) atoms. The minimum absolute atomic E-state index is 0.220. The van der Waals surface area contributed by atoms with Crippen molar-refractivity contribution in [3.05, 3.63) is 0 Å². The molecule has 0 atom stereocenters. The van der Waals surface area contributed by atoms with E-state index in [-0.39, 0.29) is 17.4 Å². The Labute approximate surface area is 90.4 Å². The van der Waals surface area contributed by atoms with Gasteiger partial charge in [0.15, 0.2) is 0 Å². The van der Waals surface area contributed by atoms with Gasteiger partial charge in [0.1, 0.15) is 9.84 Å². The zero-order valence-corrected chi connectivity index (χ0v) is 10.2. The molecule has 6 nitrogen and oxygen atoms in total. The van der Waals surface area contributed by atoms with Crippen LogP contribution in [0.3, 0.4) is 0 Å². The summed E-state index contributed by atoms with van der Waals surface area (Å²) in [7, 11) is -6.63. The van der Waals surface area contributed by atoms with Gasteiger partial charge in [-0.1, -0.05) is 0 Å². The number of sulfone groups is 1. The second kappa shape index (κ2) is 4.36. The quantitative estimate of drug-likeness (QED) is 0.629. The Bertz CT molecular complexity index is 408. The van der Waals surface area contributed by atoms with Crippen molar-refractivity contribution in [1.82, 2.24) is 4.31 Å². The Hall–Kier alpha value is -0.180. The van der Waals surface area contributed by atoms with Crippen LogP contribution < -0.4 is 5.73 Å². The van der Waals surface area contributed by atoms with Crippen molar-refractivity contribution in [2.45, 2.75) is 0 Å². The summed E-state index contributed by atoms with van der Waals surface area (Å²) in [5, 5.41) is 0. The predicted molar refractivity (Wildman–Crippen MR) is 57.6 cm³/mol. The minimum Gasteiger partial charge on any atom is -0.330 e. The lowest BCUT2D eigenvalue weighted by molar-refractivity contribution is 0.207. The molecule has 0 aromatic rings. The minimum atomic E-state index is -3.40. The van der Waals surface area contributed by atoms with Gasteiger partial charge in [0.25, 0.3) is 0 Å². The van der Waals surface area contributed by atoms with Crippen molar-refractivity contribution in [3.63, 3.8) is 0 Å². The highest BCUT2D eigenvalue weighted by atomic mass is 32.2. The molecule has 90 valence electrons. The molecule has 1 aliphatic rings. The van der Waals surface area contributed by atoms with Gasteiger partial charge >= 0.3 is 0 Å². The van der Waals surface area contributed by atoms with Gasteiger partial charge in [0.05, 0.1) is 11.5 Å². The van der Waals surface area contributed by atoms with Gasteiger partial charge in [-0.25, -0.2) is 21.1 Å². The van der Waals surface area contributed by atoms with E-state index in [1.54, 1.807) is 0 Å². The molecule has 0 aliphatic carbocycles. The number of hydrogen-bond donors (Lipinski definition) is 1. The van der Waals surface area contributed by atoms with Gasteiger partial charge in [-0.15, -0.1) is 0 Å². The van der Waals surface area contributed by atoms with Crippen LogP contribution in [-0.4, -0.2) is 58.5 Å². The molecular weight excluding hydrogens is 240 g/mol. The molecule has 0 saturated carbocycles. The van der Waals surface area contributed by atoms with Crippen LogP contribution in [0.15, 0.2) is 0 Å². The van der Waals surface area contributed by atoms with Crippen LogP contribution in [0.2, 0.25) is 0 Å². The Morgan fingerprint density at radius 2 is 1.73 bits per heavy atom. The van der Waals surface area contributed by atoms with Gasteiger partial charge < -0.3 is 5.73 Å². The molecular formula is C7H16N2O4S2. The van der Waals surface area contributed by atoms with Gasteiger partial charge in [-0.3, -0.25) is 0 Å². The summed E-state index contributed by atoms with van der Waals surface area (Å²) in [4.78, 5) is 0. The number of rotatable bonds is 5. The van der Waals surface area contributed by atoms with Crippen LogP contribution in [-0.2, 0) is 19.9 Å². The first-order valence-corrected chi connectivity index (χ1v) is 8.27. The van der Waals surface area contributed by atoms with Crippen LogP contribution >= 0.6 is 0 Å². The maximum Gasteiger partial charge on any atom is 0.215 e. The van der Waals surface area contributed by atoms with Gasteiger partial charge in [0, 0.05) is 19.3 Å². The lowest BCUT2D eigenvalue weighted by Crippen LogP contribution is -2.53. The summed E-state index contributed by atoms with van der Waals surface area (Å²) < 4.78 is 46.0. The van der Waals surface area contributed by atoms with E-state index in [2.05, 4.69) is 0 Å². The van der Waals surface area contributed by atoms with E-state index in [0.717, 1.165) is 6.26 Å². The van der Waals surface area contributed by atoms with Crippen molar-refractivity contribution >= 4 is 19.9 Å². The fraction of sp³-hybridized carbons (Fsp3) is 1.00. The van der Waals surface area contributed by atoms with Gasteiger partial charge in [-0.05, 0) is 12.5 Å². The van der Waals surface area contributed by atoms with E-state index in [4.69, 9.17) is 5.73 Å². The van der Waals surface area contributed by atoms with E-state index in [9.17, 15) is 16.8 Å². The van der Waals surface area contributed by atoms with Crippen LogP contribution in [0.25, 0.3) is 0 Å². The Morgan fingerprint density at radius 3 is 2.13 bits per heavy atom. The molecule has 1 fully saturated rings. The van der Waals surface area contributed by atoms with Gasteiger partial charge in [-0.2, -0.15) is 0 Å². The highest BCUT2D eigenvalue weighted by Gasteiger charge is 2.34. The zero-order chi connectivity index (χ0) is 11.7. The summed E-state index contributed by atoms with van der Waals surface area (Å²) in [5.74, 6) is -0.430. The molecule has 8 heteroatoms. The van der Waals surface area contributed by atoms with Crippen LogP contribution in [0.5, 0.6) is 0 Å². The standard InChI is InChI=1S/C7H16N2O4S2/c1-14(10,11)2-3-15(12,13)9-5-7(4-8)6-9/h7H,2-6,8H2,1H3. The first-order chi connectivity index (χ1) is 6.74. The summed E-state index contributed by atoms with van der Waals surface area (Å²) in [5.41, 5.74) is 5.37. The van der Waals surface area contributed by atoms with E-state index in [1.165, 1.54) is 4.31 Å². The third-order valence-electron chi connectivity index (χ3n) is 2.36. The maximum atomic E-state index is 11.5. The molecule has 1 aliphatic heterocycles. The monoisotopic (exact) mass is 256 g/mol. The number of hydrogen-bond acceptors (Lipinski definition) is 5. The van der Waals surface area contributed by atoms with Gasteiger partial charge in [0.2, 0.25) is 10.0 Å². The second-order valence-electron chi connectivity index (χ2n) is 3.86. The third kappa shape index (κ3) is 3.71. The first-order valence-electron chi connectivity index (χ1n) is 4.60. The van der Waals surface area contributed by atoms with Crippen molar-refractivity contribution < 1.29 is 16.8 Å². The fourth-order valence-corrected chi connectivity index (χ4v) is 4.47. The van der Waals surface area contributed by atoms with Crippen molar-refractivity contribution in [2.75, 3.05) is 37.4 Å². The number of nitrogens with two attached hydrogens (primary N) is 1. The SMILES string of the molecule is CS(=O)(=O)CCS(=O)(=O)N1CC(CN)C1. The molecule has 2 N–H and O–H groups in total. The predicted octanol–water partition coefficient (Wildman–Crippen LogP) is -1.75. The molecule has 1 rings (SSSR count). The van der Waals surface area contributed by atoms with Crippen LogP contribution in [0.1, 0.15) is 0 Å². The maximum absolute atomic E-state index is 11.5. The smallest absolute Gasteiger partial charge is 0.215 e. The molecule has 1 heterocycles. The summed E-state index contributed by atoms with van der Waals surface area (Å²) in [6, 6.07) is 0. The molecule has 0 radical (unpaired) electrons. The number of sulfonamides is 1. The molecule has 0 amide bonds. The molecule has 1 saturated heterocycles. The highest BCUT2D eigenvalue weighted by Crippen LogP contribution is 2.18. The van der Waals surface area contributed by atoms with E-state index >= 15 is 0 Å². The van der Waals surface area contributed by atoms with Crippen molar-refractivity contribution in [2.24, 2.45) is 11.7 Å². The highest BCUT2D eigenvalue weighted by molar-refractivity contribution is 7.93. The fourth-order valence-electron chi connectivity index (χ4n) is 1.28. The topological polar surface area (TPSA) is 97.5 Å². The largest absolute Gasteiger partial charge is 0.330 e. The van der Waals surface area contributed by atoms with E-state index in [1.807, 2.05) is 0 Å². The summed E-state index contributed by atoms with van der Waals surface area (Å²) in [6.07, 6.45) is 1.03. The lowest BCUT2D eigenvalue weighted by atomic mass is 10.0. The molecule has 0 bridgehead atoms. The van der Waals surface area contributed by atoms with E-state index < -0.39 is 19.9 Å². The first kappa shape index (κ1) is 12.9. The van der Waals surface area contributed by atoms with Crippen LogP contribution in [0, 0.1) is 5.92 Å². The van der Waals surface area contributed by atoms with E-state index in [0.29, 0.717) is 19.6 Å². The lowest BCUT2D eigenvalue weighted by Gasteiger charge is -2.37. The molecule has 0 spiro atoms. The average Bonchev–Trinajstić information content (AvgIpc) is 1.97. The Kier molecular flexibility index (Phi) is 3.75. The summed E-state index contributed by atoms with van der Waals surface area (Å²) >= 11 is 0. The average molecular weight is 256 g/mol. The third-order valence-corrected chi connectivity index (χ3v) is 5.37. The van der Waals surface area contributed by atoms with Crippen LogP contribution in [0.4, 0.5) is 0 Å². The molecule has 0 unspecified atom stereocenters. The molecule has 0 aromatic heterocycles. The molecule has 0 aromatic carbocycles. The normalized spacial score (nSPS) is 20.1. The zero-order valence-electron chi connectivity index (χ0n) is 8.59.